The average Bonchev–Trinajstić information content (AvgIpc) is 3.12. The Labute approximate surface area is 143 Å². The summed E-state index contributed by atoms with van der Waals surface area (Å²) in [4.78, 5) is 12.6. The zero-order chi connectivity index (χ0) is 17.2. The Morgan fingerprint density at radius 2 is 2.12 bits per heavy atom. The molecule has 1 aromatic heterocycles. The molecule has 0 amide bonds. The molecule has 1 N–H and O–H groups in total. The minimum Gasteiger partial charge on any atom is -0.472 e. The Hall–Kier alpha value is -1.29. The molecule has 4 rings (SSSR count). The molecule has 4 heteroatoms. The first kappa shape index (κ1) is 16.2. The molecular weight excluding hydrogens is 304 g/mol. The molecule has 1 aromatic rings. The minimum absolute atomic E-state index is 0.0306. The van der Waals surface area contributed by atoms with Crippen LogP contribution in [0.15, 0.2) is 23.0 Å². The summed E-state index contributed by atoms with van der Waals surface area (Å²) >= 11 is 0. The number of aliphatic hydroxyl groups is 1. The van der Waals surface area contributed by atoms with E-state index in [-0.39, 0.29) is 29.3 Å². The molecule has 24 heavy (non-hydrogen) atoms. The fraction of sp³-hybridized carbons (Fsp3) is 0.750. The number of carbonyl (C=O) groups excluding carboxylic acids is 1. The largest absolute Gasteiger partial charge is 0.472 e. The first-order valence-electron chi connectivity index (χ1n) is 9.26. The fourth-order valence-corrected chi connectivity index (χ4v) is 6.30. The molecule has 0 aromatic carbocycles. The normalized spacial score (nSPS) is 47.3. The van der Waals surface area contributed by atoms with Gasteiger partial charge in [-0.25, -0.2) is 0 Å². The molecule has 3 fully saturated rings. The van der Waals surface area contributed by atoms with Crippen LogP contribution in [-0.2, 0) is 16.0 Å². The third kappa shape index (κ3) is 1.92. The highest BCUT2D eigenvalue weighted by Gasteiger charge is 2.70. The van der Waals surface area contributed by atoms with Crippen LogP contribution in [0.2, 0.25) is 0 Å². The van der Waals surface area contributed by atoms with Crippen molar-refractivity contribution >= 4 is 5.97 Å². The molecular formula is C20H28O4. The molecule has 6 atom stereocenters. The van der Waals surface area contributed by atoms with Crippen LogP contribution in [0.3, 0.4) is 0 Å². The first-order valence-corrected chi connectivity index (χ1v) is 9.26. The van der Waals surface area contributed by atoms with Gasteiger partial charge in [0, 0.05) is 11.3 Å². The zero-order valence-corrected chi connectivity index (χ0v) is 14.9. The smallest absolute Gasteiger partial charge is 0.312 e. The monoisotopic (exact) mass is 332 g/mol. The van der Waals surface area contributed by atoms with E-state index in [1.54, 1.807) is 12.5 Å². The zero-order valence-electron chi connectivity index (χ0n) is 14.9. The van der Waals surface area contributed by atoms with Crippen molar-refractivity contribution in [1.82, 2.24) is 0 Å². The molecule has 1 saturated heterocycles. The lowest BCUT2D eigenvalue weighted by Gasteiger charge is -2.61. The van der Waals surface area contributed by atoms with Crippen LogP contribution in [0.5, 0.6) is 0 Å². The maximum Gasteiger partial charge on any atom is 0.312 e. The molecule has 0 bridgehead atoms. The van der Waals surface area contributed by atoms with E-state index in [4.69, 9.17) is 9.15 Å². The van der Waals surface area contributed by atoms with Crippen molar-refractivity contribution in [2.75, 3.05) is 0 Å². The Balaban J connectivity index is 1.70. The Kier molecular flexibility index (Phi) is 3.44. The van der Waals surface area contributed by atoms with E-state index in [2.05, 4.69) is 20.8 Å². The van der Waals surface area contributed by atoms with E-state index in [0.717, 1.165) is 37.7 Å². The first-order chi connectivity index (χ1) is 11.3. The molecule has 3 unspecified atom stereocenters. The Bertz CT molecular complexity index is 638. The van der Waals surface area contributed by atoms with Crippen LogP contribution in [0.4, 0.5) is 0 Å². The van der Waals surface area contributed by atoms with Gasteiger partial charge in [0.05, 0.1) is 23.5 Å². The molecule has 0 radical (unpaired) electrons. The average molecular weight is 332 g/mol. The number of esters is 1. The van der Waals surface area contributed by atoms with Gasteiger partial charge in [0.25, 0.3) is 0 Å². The second kappa shape index (κ2) is 5.10. The van der Waals surface area contributed by atoms with Gasteiger partial charge in [-0.3, -0.25) is 4.79 Å². The van der Waals surface area contributed by atoms with Gasteiger partial charge in [-0.05, 0) is 56.6 Å². The van der Waals surface area contributed by atoms with E-state index in [1.807, 2.05) is 6.07 Å². The summed E-state index contributed by atoms with van der Waals surface area (Å²) < 4.78 is 11.0. The standard InChI is InChI=1S/C20H28O4/c1-13-11-15-16-18(2,17(21)24-15)7-4-8-19(16,3)20(13,22)9-5-14-6-10-23-12-14/h6,10,12-13,15-16,22H,4-5,7-9,11H2,1-3H3/t13?,15?,16?,18-,19-,20+/m0/s1. The van der Waals surface area contributed by atoms with Crippen molar-refractivity contribution in [3.63, 3.8) is 0 Å². The van der Waals surface area contributed by atoms with Crippen LogP contribution in [0, 0.1) is 22.7 Å². The number of carbonyl (C=O) groups is 1. The number of hydrogen-bond acceptors (Lipinski definition) is 4. The molecule has 132 valence electrons. The quantitative estimate of drug-likeness (QED) is 0.857. The lowest BCUT2D eigenvalue weighted by molar-refractivity contribution is -0.217. The Morgan fingerprint density at radius 3 is 2.83 bits per heavy atom. The van der Waals surface area contributed by atoms with Crippen molar-refractivity contribution in [3.05, 3.63) is 24.2 Å². The summed E-state index contributed by atoms with van der Waals surface area (Å²) in [6.45, 7) is 6.38. The van der Waals surface area contributed by atoms with Crippen molar-refractivity contribution in [3.8, 4) is 0 Å². The number of aryl methyl sites for hydroxylation is 1. The summed E-state index contributed by atoms with van der Waals surface area (Å²) in [5, 5.41) is 11.9. The second-order valence-electron chi connectivity index (χ2n) is 8.80. The van der Waals surface area contributed by atoms with Crippen molar-refractivity contribution in [2.45, 2.75) is 71.0 Å². The second-order valence-corrected chi connectivity index (χ2v) is 8.80. The molecule has 2 saturated carbocycles. The number of ether oxygens (including phenoxy) is 1. The summed E-state index contributed by atoms with van der Waals surface area (Å²) in [6, 6.07) is 1.97. The predicted molar refractivity (Wildman–Crippen MR) is 89.2 cm³/mol. The third-order valence-electron chi connectivity index (χ3n) is 7.63. The topological polar surface area (TPSA) is 59.7 Å². The van der Waals surface area contributed by atoms with Crippen molar-refractivity contribution in [2.24, 2.45) is 22.7 Å². The van der Waals surface area contributed by atoms with Gasteiger partial charge in [-0.2, -0.15) is 0 Å². The van der Waals surface area contributed by atoms with E-state index in [9.17, 15) is 9.90 Å². The SMILES string of the molecule is CC1CC2OC(=O)[C@@]3(C)CCC[C@@](C)(C23)[C@@]1(O)CCc1ccoc1. The predicted octanol–water partition coefficient (Wildman–Crippen LogP) is 3.72. The minimum atomic E-state index is -0.777. The summed E-state index contributed by atoms with van der Waals surface area (Å²) in [6.07, 6.45) is 8.51. The van der Waals surface area contributed by atoms with Crippen LogP contribution >= 0.6 is 0 Å². The molecule has 3 aliphatic rings. The summed E-state index contributed by atoms with van der Waals surface area (Å²) in [7, 11) is 0. The van der Waals surface area contributed by atoms with Gasteiger partial charge < -0.3 is 14.3 Å². The van der Waals surface area contributed by atoms with Crippen molar-refractivity contribution < 1.29 is 19.1 Å². The molecule has 4 nitrogen and oxygen atoms in total. The van der Waals surface area contributed by atoms with Gasteiger partial charge in [0.1, 0.15) is 6.10 Å². The summed E-state index contributed by atoms with van der Waals surface area (Å²) in [5.74, 6) is 0.190. The van der Waals surface area contributed by atoms with E-state index >= 15 is 0 Å². The van der Waals surface area contributed by atoms with Gasteiger partial charge >= 0.3 is 5.97 Å². The van der Waals surface area contributed by atoms with Gasteiger partial charge in [0.15, 0.2) is 0 Å². The lowest BCUT2D eigenvalue weighted by Crippen LogP contribution is -2.65. The van der Waals surface area contributed by atoms with E-state index in [1.165, 1.54) is 0 Å². The van der Waals surface area contributed by atoms with Crippen molar-refractivity contribution in [1.29, 1.82) is 0 Å². The van der Waals surface area contributed by atoms with Gasteiger partial charge in [-0.1, -0.05) is 20.3 Å². The molecule has 2 aliphatic carbocycles. The molecule has 2 heterocycles. The fourth-order valence-electron chi connectivity index (χ4n) is 6.30. The van der Waals surface area contributed by atoms with Gasteiger partial charge in [-0.15, -0.1) is 0 Å². The third-order valence-corrected chi connectivity index (χ3v) is 7.63. The Morgan fingerprint density at radius 1 is 1.33 bits per heavy atom. The van der Waals surface area contributed by atoms with Gasteiger partial charge in [0.2, 0.25) is 0 Å². The lowest BCUT2D eigenvalue weighted by atomic mass is 9.44. The van der Waals surface area contributed by atoms with Crippen LogP contribution in [-0.4, -0.2) is 22.8 Å². The molecule has 1 aliphatic heterocycles. The summed E-state index contributed by atoms with van der Waals surface area (Å²) in [5.41, 5.74) is -0.362. The van der Waals surface area contributed by atoms with E-state index < -0.39 is 11.0 Å². The van der Waals surface area contributed by atoms with E-state index in [0.29, 0.717) is 6.42 Å². The van der Waals surface area contributed by atoms with Crippen LogP contribution in [0.1, 0.15) is 58.4 Å². The highest BCUT2D eigenvalue weighted by atomic mass is 16.6. The maximum absolute atomic E-state index is 12.6. The van der Waals surface area contributed by atoms with Crippen LogP contribution in [0.25, 0.3) is 0 Å². The number of rotatable bonds is 3. The molecule has 0 spiro atoms. The number of hydrogen-bond donors (Lipinski definition) is 1. The maximum atomic E-state index is 12.6. The highest BCUT2D eigenvalue weighted by molar-refractivity contribution is 5.80. The van der Waals surface area contributed by atoms with Crippen LogP contribution < -0.4 is 0 Å². The number of furan rings is 1. The highest BCUT2D eigenvalue weighted by Crippen LogP contribution is 2.67.